The molecule has 0 unspecified atom stereocenters. The second-order valence-electron chi connectivity index (χ2n) is 6.47. The zero-order valence-corrected chi connectivity index (χ0v) is 15.9. The Labute approximate surface area is 170 Å². The number of nitrogens with zero attached hydrogens (tertiary/aromatic N) is 2. The van der Waals surface area contributed by atoms with Gasteiger partial charge in [-0.05, 0) is 43.5 Å². The monoisotopic (exact) mass is 424 g/mol. The first-order chi connectivity index (χ1) is 14.2. The fourth-order valence-electron chi connectivity index (χ4n) is 2.72. The third-order valence-electron chi connectivity index (χ3n) is 4.22. The SMILES string of the molecule is O=C(C=CN1CCCCC1)c1cccc(-c2ccccc2F)n1.O=C(O)C(F)(F)F. The van der Waals surface area contributed by atoms with Crippen LogP contribution in [0.4, 0.5) is 17.6 Å². The summed E-state index contributed by atoms with van der Waals surface area (Å²) in [6.07, 6.45) is 1.90. The normalized spacial score (nSPS) is 14.2. The van der Waals surface area contributed by atoms with Gasteiger partial charge in [-0.2, -0.15) is 13.2 Å². The number of likely N-dealkylation sites (tertiary alicyclic amines) is 1. The molecule has 0 bridgehead atoms. The Morgan fingerprint density at radius 2 is 1.63 bits per heavy atom. The number of rotatable bonds is 4. The topological polar surface area (TPSA) is 70.5 Å². The average Bonchev–Trinajstić information content (AvgIpc) is 2.73. The van der Waals surface area contributed by atoms with Gasteiger partial charge in [-0.15, -0.1) is 0 Å². The van der Waals surface area contributed by atoms with Crippen molar-refractivity contribution in [3.63, 3.8) is 0 Å². The molecule has 2 aromatic rings. The number of allylic oxidation sites excluding steroid dienone is 1. The number of carbonyl (C=O) groups excluding carboxylic acids is 1. The predicted octanol–water partition coefficient (Wildman–Crippen LogP) is 4.70. The highest BCUT2D eigenvalue weighted by Crippen LogP contribution is 2.20. The number of carboxylic acid groups (broad SMARTS) is 1. The Morgan fingerprint density at radius 1 is 1.00 bits per heavy atom. The molecule has 1 saturated heterocycles. The van der Waals surface area contributed by atoms with E-state index in [1.807, 2.05) is 6.20 Å². The lowest BCUT2D eigenvalue weighted by Crippen LogP contribution is -2.24. The number of aromatic nitrogens is 1. The third kappa shape index (κ3) is 6.98. The van der Waals surface area contributed by atoms with Crippen molar-refractivity contribution in [2.45, 2.75) is 25.4 Å². The van der Waals surface area contributed by atoms with Crippen LogP contribution >= 0.6 is 0 Å². The molecule has 0 spiro atoms. The van der Waals surface area contributed by atoms with Crippen LogP contribution in [0.25, 0.3) is 11.3 Å². The van der Waals surface area contributed by atoms with Gasteiger partial charge in [-0.25, -0.2) is 14.2 Å². The second-order valence-corrected chi connectivity index (χ2v) is 6.47. The Morgan fingerprint density at radius 3 is 2.23 bits per heavy atom. The highest BCUT2D eigenvalue weighted by molar-refractivity contribution is 6.03. The molecule has 9 heteroatoms. The minimum absolute atomic E-state index is 0.159. The molecule has 0 amide bonds. The zero-order chi connectivity index (χ0) is 22.1. The van der Waals surface area contributed by atoms with E-state index >= 15 is 0 Å². The first kappa shape index (κ1) is 23.1. The molecule has 0 radical (unpaired) electrons. The van der Waals surface area contributed by atoms with Crippen molar-refractivity contribution in [1.82, 2.24) is 9.88 Å². The minimum Gasteiger partial charge on any atom is -0.475 e. The number of pyridine rings is 1. The molecule has 0 atom stereocenters. The Bertz CT molecular complexity index is 907. The molecular formula is C21H20F4N2O3. The van der Waals surface area contributed by atoms with Crippen LogP contribution in [0.3, 0.4) is 0 Å². The van der Waals surface area contributed by atoms with Gasteiger partial charge in [0, 0.05) is 30.9 Å². The maximum absolute atomic E-state index is 13.9. The van der Waals surface area contributed by atoms with Crippen molar-refractivity contribution < 1.29 is 32.3 Å². The Kier molecular flexibility index (Phi) is 8.08. The number of hydrogen-bond acceptors (Lipinski definition) is 4. The van der Waals surface area contributed by atoms with Gasteiger partial charge in [0.25, 0.3) is 0 Å². The molecule has 0 aliphatic carbocycles. The summed E-state index contributed by atoms with van der Waals surface area (Å²) in [7, 11) is 0. The number of aliphatic carboxylic acids is 1. The number of alkyl halides is 3. The predicted molar refractivity (Wildman–Crippen MR) is 102 cm³/mol. The van der Waals surface area contributed by atoms with Crippen LogP contribution in [0.2, 0.25) is 0 Å². The molecule has 5 nitrogen and oxygen atoms in total. The lowest BCUT2D eigenvalue weighted by atomic mass is 10.1. The van der Waals surface area contributed by atoms with E-state index < -0.39 is 12.1 Å². The van der Waals surface area contributed by atoms with Crippen LogP contribution in [0.1, 0.15) is 29.8 Å². The standard InChI is InChI=1S/C19H19FN2O.C2HF3O2/c20-16-8-3-2-7-15(16)17-9-6-10-18(21-17)19(23)11-14-22-12-4-1-5-13-22;3-2(4,5)1(6)7/h2-3,6-11,14H,1,4-5,12-13H2;(H,6,7). The molecule has 1 aliphatic heterocycles. The van der Waals surface area contributed by atoms with E-state index in [2.05, 4.69) is 9.88 Å². The minimum atomic E-state index is -5.08. The van der Waals surface area contributed by atoms with E-state index in [9.17, 15) is 22.4 Å². The van der Waals surface area contributed by atoms with Crippen molar-refractivity contribution in [2.75, 3.05) is 13.1 Å². The average molecular weight is 424 g/mol. The van der Waals surface area contributed by atoms with E-state index in [0.717, 1.165) is 13.1 Å². The van der Waals surface area contributed by atoms with E-state index in [-0.39, 0.29) is 11.6 Å². The van der Waals surface area contributed by atoms with Crippen LogP contribution < -0.4 is 0 Å². The second kappa shape index (κ2) is 10.5. The maximum Gasteiger partial charge on any atom is 0.490 e. The van der Waals surface area contributed by atoms with Gasteiger partial charge in [0.1, 0.15) is 11.5 Å². The molecule has 1 fully saturated rings. The van der Waals surface area contributed by atoms with Crippen LogP contribution in [-0.4, -0.2) is 46.0 Å². The number of ketones is 1. The van der Waals surface area contributed by atoms with Crippen LogP contribution in [0.15, 0.2) is 54.7 Å². The molecular weight excluding hydrogens is 404 g/mol. The Balaban J connectivity index is 0.000000396. The molecule has 1 aromatic heterocycles. The van der Waals surface area contributed by atoms with Gasteiger partial charge in [0.05, 0.1) is 5.69 Å². The number of hydrogen-bond donors (Lipinski definition) is 1. The lowest BCUT2D eigenvalue weighted by molar-refractivity contribution is -0.192. The van der Waals surface area contributed by atoms with Crippen molar-refractivity contribution in [2.24, 2.45) is 0 Å². The molecule has 3 rings (SSSR count). The largest absolute Gasteiger partial charge is 0.490 e. The zero-order valence-electron chi connectivity index (χ0n) is 15.9. The summed E-state index contributed by atoms with van der Waals surface area (Å²) in [6.45, 7) is 1.99. The highest BCUT2D eigenvalue weighted by atomic mass is 19.4. The summed E-state index contributed by atoms with van der Waals surface area (Å²) < 4.78 is 45.6. The smallest absolute Gasteiger partial charge is 0.475 e. The summed E-state index contributed by atoms with van der Waals surface area (Å²) in [5.41, 5.74) is 1.21. The molecule has 2 heterocycles. The summed E-state index contributed by atoms with van der Waals surface area (Å²) in [4.78, 5) is 27.6. The van der Waals surface area contributed by atoms with Gasteiger partial charge in [-0.1, -0.05) is 18.2 Å². The molecule has 1 aromatic carbocycles. The quantitative estimate of drug-likeness (QED) is 0.438. The number of carbonyl (C=O) groups is 2. The highest BCUT2D eigenvalue weighted by Gasteiger charge is 2.38. The Hall–Kier alpha value is -3.23. The first-order valence-electron chi connectivity index (χ1n) is 9.17. The molecule has 1 aliphatic rings. The number of piperidine rings is 1. The van der Waals surface area contributed by atoms with E-state index in [4.69, 9.17) is 9.90 Å². The van der Waals surface area contributed by atoms with Crippen molar-refractivity contribution in [3.8, 4) is 11.3 Å². The maximum atomic E-state index is 13.9. The van der Waals surface area contributed by atoms with E-state index in [1.165, 1.54) is 25.3 Å². The van der Waals surface area contributed by atoms with Crippen molar-refractivity contribution in [3.05, 3.63) is 66.3 Å². The summed E-state index contributed by atoms with van der Waals surface area (Å²) in [6, 6.07) is 11.5. The van der Waals surface area contributed by atoms with Gasteiger partial charge >= 0.3 is 12.1 Å². The fourth-order valence-corrected chi connectivity index (χ4v) is 2.72. The van der Waals surface area contributed by atoms with E-state index in [1.54, 1.807) is 42.5 Å². The first-order valence-corrected chi connectivity index (χ1v) is 9.17. The van der Waals surface area contributed by atoms with Gasteiger partial charge in [0.2, 0.25) is 5.78 Å². The van der Waals surface area contributed by atoms with Crippen LogP contribution in [-0.2, 0) is 4.79 Å². The van der Waals surface area contributed by atoms with Gasteiger partial charge < -0.3 is 10.0 Å². The van der Waals surface area contributed by atoms with Gasteiger partial charge in [-0.3, -0.25) is 4.79 Å². The van der Waals surface area contributed by atoms with Gasteiger partial charge in [0.15, 0.2) is 0 Å². The molecule has 1 N–H and O–H groups in total. The summed E-state index contributed by atoms with van der Waals surface area (Å²) >= 11 is 0. The fraction of sp³-hybridized carbons (Fsp3) is 0.286. The molecule has 30 heavy (non-hydrogen) atoms. The van der Waals surface area contributed by atoms with E-state index in [0.29, 0.717) is 17.0 Å². The van der Waals surface area contributed by atoms with Crippen molar-refractivity contribution in [1.29, 1.82) is 0 Å². The number of carboxylic acids is 1. The van der Waals surface area contributed by atoms with Crippen LogP contribution in [0.5, 0.6) is 0 Å². The number of benzene rings is 1. The number of halogens is 4. The summed E-state index contributed by atoms with van der Waals surface area (Å²) in [5, 5.41) is 7.12. The van der Waals surface area contributed by atoms with Crippen LogP contribution in [0, 0.1) is 5.82 Å². The molecule has 160 valence electrons. The summed E-state index contributed by atoms with van der Waals surface area (Å²) in [5.74, 6) is -3.25. The lowest BCUT2D eigenvalue weighted by Gasteiger charge is -2.24. The third-order valence-corrected chi connectivity index (χ3v) is 4.22. The van der Waals surface area contributed by atoms with Crippen molar-refractivity contribution >= 4 is 11.8 Å². The molecule has 0 saturated carbocycles.